The molecule has 3 aromatic rings. The van der Waals surface area contributed by atoms with Crippen molar-refractivity contribution in [2.45, 2.75) is 40.0 Å². The molecule has 0 radical (unpaired) electrons. The Kier molecular flexibility index (Phi) is 6.51. The highest BCUT2D eigenvalue weighted by atomic mass is 127. The number of rotatable bonds is 4. The predicted molar refractivity (Wildman–Crippen MR) is 135 cm³/mol. The predicted octanol–water partition coefficient (Wildman–Crippen LogP) is 5.79. The van der Waals surface area contributed by atoms with Gasteiger partial charge in [-0.3, -0.25) is 9.78 Å². The van der Waals surface area contributed by atoms with Gasteiger partial charge in [0.15, 0.2) is 6.61 Å². The fraction of sp³-hybridized carbons (Fsp3) is 0.346. The van der Waals surface area contributed by atoms with Gasteiger partial charge in [0, 0.05) is 20.3 Å². The summed E-state index contributed by atoms with van der Waals surface area (Å²) in [6.07, 6.45) is 2.68. The molecule has 1 aliphatic carbocycles. The highest BCUT2D eigenvalue weighted by molar-refractivity contribution is 14.1. The van der Waals surface area contributed by atoms with E-state index in [0.29, 0.717) is 17.2 Å². The fourth-order valence-electron chi connectivity index (χ4n) is 4.29. The van der Waals surface area contributed by atoms with Crippen molar-refractivity contribution in [3.63, 3.8) is 0 Å². The van der Waals surface area contributed by atoms with Crippen LogP contribution in [0, 0.1) is 14.9 Å². The summed E-state index contributed by atoms with van der Waals surface area (Å²) in [5.74, 6) is -0.375. The van der Waals surface area contributed by atoms with E-state index in [0.717, 1.165) is 45.0 Å². The van der Waals surface area contributed by atoms with Gasteiger partial charge in [-0.05, 0) is 89.1 Å². The zero-order chi connectivity index (χ0) is 22.9. The first-order chi connectivity index (χ1) is 15.2. The number of aryl methyl sites for hydroxylation is 1. The number of aromatic nitrogens is 1. The number of amides is 1. The van der Waals surface area contributed by atoms with Crippen molar-refractivity contribution in [1.29, 1.82) is 0 Å². The number of hydrogen-bond acceptors (Lipinski definition) is 4. The zero-order valence-corrected chi connectivity index (χ0v) is 20.7. The second kappa shape index (κ2) is 9.17. The number of anilines is 1. The largest absolute Gasteiger partial charge is 0.452 e. The van der Waals surface area contributed by atoms with Crippen molar-refractivity contribution in [3.05, 3.63) is 68.9 Å². The van der Waals surface area contributed by atoms with Crippen LogP contribution in [-0.2, 0) is 22.4 Å². The molecule has 4 rings (SSSR count). The lowest BCUT2D eigenvalue weighted by Crippen LogP contribution is -2.29. The van der Waals surface area contributed by atoms with Gasteiger partial charge in [-0.25, -0.2) is 4.79 Å². The number of halogens is 1. The molecule has 5 nitrogen and oxygen atoms in total. The Hall–Kier alpha value is -2.48. The Balaban J connectivity index is 1.59. The lowest BCUT2D eigenvalue weighted by Gasteiger charge is -2.35. The van der Waals surface area contributed by atoms with E-state index in [1.165, 1.54) is 0 Å². The quantitative estimate of drug-likeness (QED) is 0.335. The summed E-state index contributed by atoms with van der Waals surface area (Å²) in [5, 5.41) is 3.55. The number of ether oxygens (including phenoxy) is 1. The van der Waals surface area contributed by atoms with Crippen molar-refractivity contribution in [2.24, 2.45) is 11.3 Å². The van der Waals surface area contributed by atoms with Gasteiger partial charge in [-0.15, -0.1) is 0 Å². The first kappa shape index (κ1) is 22.7. The van der Waals surface area contributed by atoms with E-state index in [-0.39, 0.29) is 17.9 Å². The minimum Gasteiger partial charge on any atom is -0.452 e. The maximum atomic E-state index is 13.3. The van der Waals surface area contributed by atoms with Gasteiger partial charge in [0.25, 0.3) is 5.91 Å². The van der Waals surface area contributed by atoms with Gasteiger partial charge < -0.3 is 10.1 Å². The summed E-state index contributed by atoms with van der Waals surface area (Å²) in [6.45, 7) is 6.39. The molecule has 1 unspecified atom stereocenters. The number of hydrogen-bond donors (Lipinski definition) is 1. The first-order valence-electron chi connectivity index (χ1n) is 10.9. The molecule has 1 aliphatic rings. The van der Waals surface area contributed by atoms with Gasteiger partial charge in [0.2, 0.25) is 0 Å². The van der Waals surface area contributed by atoms with Crippen molar-refractivity contribution < 1.29 is 14.3 Å². The normalized spacial score (nSPS) is 15.8. The third-order valence-corrected chi connectivity index (χ3v) is 6.87. The molecule has 0 saturated carbocycles. The minimum atomic E-state index is -0.466. The van der Waals surface area contributed by atoms with Gasteiger partial charge in [0.05, 0.1) is 11.1 Å². The van der Waals surface area contributed by atoms with Crippen LogP contribution in [0.4, 0.5) is 5.69 Å². The van der Waals surface area contributed by atoms with Crippen LogP contribution in [0.1, 0.15) is 48.8 Å². The van der Waals surface area contributed by atoms with Crippen LogP contribution in [0.25, 0.3) is 10.9 Å². The van der Waals surface area contributed by atoms with Crippen LogP contribution in [0.2, 0.25) is 0 Å². The number of benzene rings is 2. The molecule has 32 heavy (non-hydrogen) atoms. The number of carbonyl (C=O) groups is 2. The van der Waals surface area contributed by atoms with E-state index < -0.39 is 5.97 Å². The summed E-state index contributed by atoms with van der Waals surface area (Å²) in [6, 6.07) is 15.1. The van der Waals surface area contributed by atoms with Gasteiger partial charge in [0.1, 0.15) is 0 Å². The minimum absolute atomic E-state index is 0.137. The Labute approximate surface area is 202 Å². The molecular formula is C26H27IN2O3. The SMILES string of the molecule is CC(C)(C)C1CCc2nc3ccccc3c(C(=O)OCC(=O)Nc3ccc(I)cc3)c2C1. The molecule has 166 valence electrons. The molecule has 1 aromatic heterocycles. The third kappa shape index (κ3) is 4.95. The van der Waals surface area contributed by atoms with Crippen LogP contribution < -0.4 is 5.32 Å². The zero-order valence-electron chi connectivity index (χ0n) is 18.6. The summed E-state index contributed by atoms with van der Waals surface area (Å²) in [7, 11) is 0. The number of fused-ring (bicyclic) bond motifs is 2. The summed E-state index contributed by atoms with van der Waals surface area (Å²) >= 11 is 2.20. The van der Waals surface area contributed by atoms with Crippen LogP contribution in [0.5, 0.6) is 0 Å². The molecule has 0 aliphatic heterocycles. The van der Waals surface area contributed by atoms with E-state index >= 15 is 0 Å². The Morgan fingerprint density at radius 1 is 1.12 bits per heavy atom. The first-order valence-corrected chi connectivity index (χ1v) is 11.9. The fourth-order valence-corrected chi connectivity index (χ4v) is 4.65. The standard InChI is InChI=1S/C26H27IN2O3/c1-26(2,3)16-8-13-22-20(14-16)24(19-6-4-5-7-21(19)29-22)25(31)32-15-23(30)28-18-11-9-17(27)10-12-18/h4-7,9-12,16H,8,13-15H2,1-3H3,(H,28,30). The maximum absolute atomic E-state index is 13.3. The highest BCUT2D eigenvalue weighted by Crippen LogP contribution is 2.39. The average Bonchev–Trinajstić information content (AvgIpc) is 2.76. The van der Waals surface area contributed by atoms with Crippen LogP contribution in [-0.4, -0.2) is 23.5 Å². The van der Waals surface area contributed by atoms with Crippen LogP contribution >= 0.6 is 22.6 Å². The molecule has 1 N–H and O–H groups in total. The van der Waals surface area contributed by atoms with Crippen molar-refractivity contribution in [1.82, 2.24) is 4.98 Å². The maximum Gasteiger partial charge on any atom is 0.339 e. The Morgan fingerprint density at radius 2 is 1.84 bits per heavy atom. The molecular weight excluding hydrogens is 515 g/mol. The number of esters is 1. The number of para-hydroxylation sites is 1. The van der Waals surface area contributed by atoms with E-state index in [9.17, 15) is 9.59 Å². The van der Waals surface area contributed by atoms with E-state index in [1.54, 1.807) is 0 Å². The Morgan fingerprint density at radius 3 is 2.56 bits per heavy atom. The molecule has 2 aromatic carbocycles. The summed E-state index contributed by atoms with van der Waals surface area (Å²) in [5.41, 5.74) is 4.10. The number of nitrogens with one attached hydrogen (secondary N) is 1. The van der Waals surface area contributed by atoms with Crippen molar-refractivity contribution in [3.8, 4) is 0 Å². The van der Waals surface area contributed by atoms with Crippen molar-refractivity contribution in [2.75, 3.05) is 11.9 Å². The smallest absolute Gasteiger partial charge is 0.339 e. The molecule has 0 bridgehead atoms. The van der Waals surface area contributed by atoms with Crippen molar-refractivity contribution >= 4 is 51.1 Å². The lowest BCUT2D eigenvalue weighted by molar-refractivity contribution is -0.119. The second-order valence-corrected chi connectivity index (χ2v) is 10.6. The molecule has 0 spiro atoms. The summed E-state index contributed by atoms with van der Waals surface area (Å²) < 4.78 is 6.58. The highest BCUT2D eigenvalue weighted by Gasteiger charge is 2.33. The number of pyridine rings is 1. The monoisotopic (exact) mass is 542 g/mol. The molecule has 0 fully saturated rings. The number of carbonyl (C=O) groups excluding carboxylic acids is 2. The number of nitrogens with zero attached hydrogens (tertiary/aromatic N) is 1. The molecule has 0 saturated heterocycles. The third-order valence-electron chi connectivity index (χ3n) is 6.15. The topological polar surface area (TPSA) is 68.3 Å². The molecule has 1 amide bonds. The van der Waals surface area contributed by atoms with Gasteiger partial charge in [-0.2, -0.15) is 0 Å². The molecule has 1 heterocycles. The van der Waals surface area contributed by atoms with E-state index in [1.807, 2.05) is 48.5 Å². The van der Waals surface area contributed by atoms with E-state index in [2.05, 4.69) is 48.7 Å². The Bertz CT molecular complexity index is 1170. The van der Waals surface area contributed by atoms with Crippen LogP contribution in [0.15, 0.2) is 48.5 Å². The van der Waals surface area contributed by atoms with Gasteiger partial charge >= 0.3 is 5.97 Å². The summed E-state index contributed by atoms with van der Waals surface area (Å²) in [4.78, 5) is 30.5. The molecule has 6 heteroatoms. The van der Waals surface area contributed by atoms with E-state index in [4.69, 9.17) is 9.72 Å². The second-order valence-electron chi connectivity index (χ2n) is 9.37. The lowest BCUT2D eigenvalue weighted by atomic mass is 9.70. The molecule has 1 atom stereocenters. The van der Waals surface area contributed by atoms with Gasteiger partial charge in [-0.1, -0.05) is 39.0 Å². The van der Waals surface area contributed by atoms with Crippen LogP contribution in [0.3, 0.4) is 0 Å². The average molecular weight is 542 g/mol.